The van der Waals surface area contributed by atoms with Crippen LogP contribution in [0, 0.1) is 5.82 Å². The van der Waals surface area contributed by atoms with Crippen molar-refractivity contribution in [2.24, 2.45) is 0 Å². The van der Waals surface area contributed by atoms with Gasteiger partial charge in [-0.2, -0.15) is 0 Å². The van der Waals surface area contributed by atoms with Gasteiger partial charge in [-0.3, -0.25) is 0 Å². The van der Waals surface area contributed by atoms with Crippen LogP contribution in [-0.2, 0) is 0 Å². The van der Waals surface area contributed by atoms with Crippen molar-refractivity contribution in [2.75, 3.05) is 6.54 Å². The van der Waals surface area contributed by atoms with Crippen LogP contribution in [0.3, 0.4) is 0 Å². The number of nitrogens with one attached hydrogen (secondary N) is 1. The number of nitrogens with zero attached hydrogens (tertiary/aromatic N) is 2. The SMILES string of the molecule is CCNC(CC)c1nnc(-c2ccc(Cl)cc2F)s1. The lowest BCUT2D eigenvalue weighted by Gasteiger charge is -2.10. The van der Waals surface area contributed by atoms with Crippen molar-refractivity contribution in [1.82, 2.24) is 15.5 Å². The van der Waals surface area contributed by atoms with Crippen LogP contribution in [0.5, 0.6) is 0 Å². The van der Waals surface area contributed by atoms with Gasteiger partial charge in [-0.05, 0) is 31.2 Å². The summed E-state index contributed by atoms with van der Waals surface area (Å²) in [6.07, 6.45) is 0.922. The van der Waals surface area contributed by atoms with Crippen LogP contribution in [0.2, 0.25) is 5.02 Å². The summed E-state index contributed by atoms with van der Waals surface area (Å²) in [7, 11) is 0. The Balaban J connectivity index is 2.29. The molecule has 6 heteroatoms. The van der Waals surface area contributed by atoms with E-state index in [1.165, 1.54) is 17.4 Å². The fourth-order valence-electron chi connectivity index (χ4n) is 1.80. The Morgan fingerprint density at radius 3 is 2.79 bits per heavy atom. The highest BCUT2D eigenvalue weighted by atomic mass is 35.5. The molecular formula is C13H15ClFN3S. The van der Waals surface area contributed by atoms with Gasteiger partial charge in [0.05, 0.1) is 6.04 Å². The molecule has 0 fully saturated rings. The molecule has 1 aromatic heterocycles. The molecule has 0 spiro atoms. The zero-order valence-electron chi connectivity index (χ0n) is 10.8. The zero-order chi connectivity index (χ0) is 13.8. The van der Waals surface area contributed by atoms with Gasteiger partial charge in [0.2, 0.25) is 0 Å². The van der Waals surface area contributed by atoms with E-state index in [1.54, 1.807) is 12.1 Å². The van der Waals surface area contributed by atoms with E-state index < -0.39 is 0 Å². The maximum Gasteiger partial charge on any atom is 0.150 e. The third-order valence-electron chi connectivity index (χ3n) is 2.76. The third kappa shape index (κ3) is 3.29. The van der Waals surface area contributed by atoms with Crippen LogP contribution in [0.4, 0.5) is 4.39 Å². The molecule has 102 valence electrons. The normalized spacial score (nSPS) is 12.6. The molecule has 3 nitrogen and oxygen atoms in total. The molecule has 0 radical (unpaired) electrons. The average Bonchev–Trinajstić information content (AvgIpc) is 2.85. The quantitative estimate of drug-likeness (QED) is 0.905. The van der Waals surface area contributed by atoms with Gasteiger partial charge < -0.3 is 5.32 Å². The maximum absolute atomic E-state index is 13.8. The molecule has 0 amide bonds. The smallest absolute Gasteiger partial charge is 0.150 e. The number of benzene rings is 1. The molecule has 1 atom stereocenters. The lowest BCUT2D eigenvalue weighted by atomic mass is 10.2. The average molecular weight is 300 g/mol. The molecule has 0 bridgehead atoms. The van der Waals surface area contributed by atoms with Gasteiger partial charge in [-0.15, -0.1) is 10.2 Å². The first-order chi connectivity index (χ1) is 9.15. The van der Waals surface area contributed by atoms with Crippen LogP contribution < -0.4 is 5.32 Å². The predicted molar refractivity (Wildman–Crippen MR) is 77.0 cm³/mol. The largest absolute Gasteiger partial charge is 0.308 e. The topological polar surface area (TPSA) is 37.8 Å². The van der Waals surface area contributed by atoms with E-state index in [-0.39, 0.29) is 11.9 Å². The van der Waals surface area contributed by atoms with Crippen molar-refractivity contribution in [1.29, 1.82) is 0 Å². The molecule has 1 aromatic carbocycles. The van der Waals surface area contributed by atoms with Crippen LogP contribution >= 0.6 is 22.9 Å². The monoisotopic (exact) mass is 299 g/mol. The summed E-state index contributed by atoms with van der Waals surface area (Å²) in [5.41, 5.74) is 0.444. The number of halogens is 2. The standard InChI is InChI=1S/C13H15ClFN3S/c1-3-11(16-4-2)13-18-17-12(19-13)9-6-5-8(14)7-10(9)15/h5-7,11,16H,3-4H2,1-2H3. The molecule has 2 rings (SSSR count). The minimum absolute atomic E-state index is 0.173. The first kappa shape index (κ1) is 14.4. The summed E-state index contributed by atoms with van der Waals surface area (Å²) in [5, 5.41) is 13.4. The van der Waals surface area contributed by atoms with E-state index in [4.69, 9.17) is 11.6 Å². The Morgan fingerprint density at radius 1 is 1.37 bits per heavy atom. The maximum atomic E-state index is 13.8. The van der Waals surface area contributed by atoms with E-state index in [0.717, 1.165) is 18.0 Å². The Hall–Kier alpha value is -1.04. The fourth-order valence-corrected chi connectivity index (χ4v) is 2.99. The highest BCUT2D eigenvalue weighted by molar-refractivity contribution is 7.14. The number of rotatable bonds is 5. The van der Waals surface area contributed by atoms with Gasteiger partial charge >= 0.3 is 0 Å². The lowest BCUT2D eigenvalue weighted by molar-refractivity contribution is 0.531. The summed E-state index contributed by atoms with van der Waals surface area (Å²) in [6.45, 7) is 4.99. The van der Waals surface area contributed by atoms with Crippen molar-refractivity contribution in [2.45, 2.75) is 26.3 Å². The molecule has 1 unspecified atom stereocenters. The van der Waals surface area contributed by atoms with Gasteiger partial charge in [0, 0.05) is 10.6 Å². The lowest BCUT2D eigenvalue weighted by Crippen LogP contribution is -2.19. The minimum atomic E-state index is -0.369. The number of hydrogen-bond donors (Lipinski definition) is 1. The highest BCUT2D eigenvalue weighted by Gasteiger charge is 2.16. The molecule has 1 heterocycles. The van der Waals surface area contributed by atoms with Crippen molar-refractivity contribution in [3.8, 4) is 10.6 Å². The molecule has 0 saturated heterocycles. The fraction of sp³-hybridized carbons (Fsp3) is 0.385. The van der Waals surface area contributed by atoms with Gasteiger partial charge in [-0.25, -0.2) is 4.39 Å². The van der Waals surface area contributed by atoms with Gasteiger partial charge in [0.15, 0.2) is 5.01 Å². The second-order valence-electron chi connectivity index (χ2n) is 4.09. The second-order valence-corrected chi connectivity index (χ2v) is 5.53. The minimum Gasteiger partial charge on any atom is -0.308 e. The second kappa shape index (κ2) is 6.41. The summed E-state index contributed by atoms with van der Waals surface area (Å²) in [4.78, 5) is 0. The molecule has 0 saturated carbocycles. The van der Waals surface area contributed by atoms with Crippen LogP contribution in [0.15, 0.2) is 18.2 Å². The van der Waals surface area contributed by atoms with Crippen LogP contribution in [0.25, 0.3) is 10.6 Å². The number of hydrogen-bond acceptors (Lipinski definition) is 4. The molecule has 1 N–H and O–H groups in total. The van der Waals surface area contributed by atoms with E-state index in [0.29, 0.717) is 15.6 Å². The summed E-state index contributed by atoms with van der Waals surface area (Å²) < 4.78 is 13.8. The molecule has 2 aromatic rings. The first-order valence-electron chi connectivity index (χ1n) is 6.17. The summed E-state index contributed by atoms with van der Waals surface area (Å²) in [6, 6.07) is 4.75. The Labute approximate surface area is 120 Å². The van der Waals surface area contributed by atoms with Gasteiger partial charge in [0.1, 0.15) is 10.8 Å². The zero-order valence-corrected chi connectivity index (χ0v) is 12.4. The summed E-state index contributed by atoms with van der Waals surface area (Å²) in [5.74, 6) is -0.369. The van der Waals surface area contributed by atoms with Crippen molar-refractivity contribution >= 4 is 22.9 Å². The number of aromatic nitrogens is 2. The first-order valence-corrected chi connectivity index (χ1v) is 7.37. The predicted octanol–water partition coefficient (Wildman–Crippen LogP) is 4.06. The van der Waals surface area contributed by atoms with Crippen LogP contribution in [-0.4, -0.2) is 16.7 Å². The van der Waals surface area contributed by atoms with E-state index in [2.05, 4.69) is 22.4 Å². The van der Waals surface area contributed by atoms with Crippen molar-refractivity contribution in [3.05, 3.63) is 34.0 Å². The van der Waals surface area contributed by atoms with E-state index in [9.17, 15) is 4.39 Å². The van der Waals surface area contributed by atoms with E-state index in [1.807, 2.05) is 6.92 Å². The Kier molecular flexibility index (Phi) is 4.85. The van der Waals surface area contributed by atoms with E-state index >= 15 is 0 Å². The van der Waals surface area contributed by atoms with Crippen molar-refractivity contribution < 1.29 is 4.39 Å². The highest BCUT2D eigenvalue weighted by Crippen LogP contribution is 2.30. The Bertz CT molecular complexity index is 559. The molecule has 0 aliphatic carbocycles. The summed E-state index contributed by atoms with van der Waals surface area (Å²) >= 11 is 7.15. The van der Waals surface area contributed by atoms with Gasteiger partial charge in [-0.1, -0.05) is 36.8 Å². The van der Waals surface area contributed by atoms with Crippen molar-refractivity contribution in [3.63, 3.8) is 0 Å². The molecule has 0 aliphatic rings. The molecule has 19 heavy (non-hydrogen) atoms. The Morgan fingerprint density at radius 2 is 2.16 bits per heavy atom. The third-order valence-corrected chi connectivity index (χ3v) is 4.06. The van der Waals surface area contributed by atoms with Gasteiger partial charge in [0.25, 0.3) is 0 Å². The molecular weight excluding hydrogens is 285 g/mol. The van der Waals surface area contributed by atoms with Crippen LogP contribution in [0.1, 0.15) is 31.3 Å². The molecule has 0 aliphatic heterocycles.